The van der Waals surface area contributed by atoms with Gasteiger partial charge in [0.15, 0.2) is 0 Å². The molecule has 0 unspecified atom stereocenters. The number of nitrogen functional groups attached to an aromatic ring is 2. The number of aromatic carboxylic acids is 1. The van der Waals surface area contributed by atoms with Gasteiger partial charge >= 0.3 is 17.9 Å². The molecule has 4 rings (SSSR count). The van der Waals surface area contributed by atoms with Crippen LogP contribution >= 0.6 is 0 Å². The first-order valence-corrected chi connectivity index (χ1v) is 19.1. The van der Waals surface area contributed by atoms with E-state index in [1.165, 1.54) is 50.7 Å². The molecule has 0 heterocycles. The Balaban J connectivity index is 1.02. The minimum atomic E-state index is -0.988. The number of anilines is 2. The fourth-order valence-corrected chi connectivity index (χ4v) is 6.88. The molecule has 9 heteroatoms. The quantitative estimate of drug-likeness (QED) is 0.0322. The Bertz CT molecular complexity index is 1590. The molecule has 5 N–H and O–H groups in total. The van der Waals surface area contributed by atoms with Crippen LogP contribution in [0.1, 0.15) is 125 Å². The van der Waals surface area contributed by atoms with E-state index in [0.29, 0.717) is 41.5 Å². The first-order valence-electron chi connectivity index (χ1n) is 19.1. The maximum Gasteiger partial charge on any atom is 0.336 e. The lowest BCUT2D eigenvalue weighted by atomic mass is 9.80. The van der Waals surface area contributed by atoms with E-state index in [9.17, 15) is 19.5 Å². The fourth-order valence-electron chi connectivity index (χ4n) is 6.88. The zero-order valence-corrected chi connectivity index (χ0v) is 30.7. The van der Waals surface area contributed by atoms with Crippen molar-refractivity contribution >= 4 is 35.4 Å². The second-order valence-corrected chi connectivity index (χ2v) is 13.9. The molecular weight excluding hydrogens is 656 g/mol. The molecule has 0 aromatic heterocycles. The highest BCUT2D eigenvalue weighted by molar-refractivity contribution is 5.92. The Hall–Kier alpha value is -4.79. The van der Waals surface area contributed by atoms with Gasteiger partial charge in [-0.3, -0.25) is 4.79 Å². The number of carbonyl (C=O) groups is 3. The Labute approximate surface area is 308 Å². The lowest BCUT2D eigenvalue weighted by Gasteiger charge is -2.26. The van der Waals surface area contributed by atoms with E-state index in [2.05, 4.69) is 6.92 Å². The summed E-state index contributed by atoms with van der Waals surface area (Å²) in [6.07, 6.45) is 20.0. The van der Waals surface area contributed by atoms with E-state index in [4.69, 9.17) is 25.7 Å². The van der Waals surface area contributed by atoms with Gasteiger partial charge in [0.05, 0.1) is 18.1 Å². The molecule has 0 spiro atoms. The average molecular weight is 713 g/mol. The highest BCUT2D eigenvalue weighted by Crippen LogP contribution is 2.33. The molecule has 1 saturated carbocycles. The van der Waals surface area contributed by atoms with Crippen LogP contribution in [0.5, 0.6) is 17.2 Å². The molecule has 9 nitrogen and oxygen atoms in total. The van der Waals surface area contributed by atoms with Crippen LogP contribution in [0.4, 0.5) is 11.4 Å². The highest BCUT2D eigenvalue weighted by atomic mass is 16.5. The van der Waals surface area contributed by atoms with Crippen molar-refractivity contribution < 1.29 is 33.7 Å². The number of carboxylic acids is 1. The molecule has 1 aliphatic carbocycles. The molecule has 3 aromatic rings. The average Bonchev–Trinajstić information content (AvgIpc) is 3.13. The van der Waals surface area contributed by atoms with Crippen molar-refractivity contribution in [3.05, 3.63) is 83.4 Å². The van der Waals surface area contributed by atoms with Crippen LogP contribution < -0.4 is 25.7 Å². The van der Waals surface area contributed by atoms with Crippen molar-refractivity contribution in [2.75, 3.05) is 18.1 Å². The largest absolute Gasteiger partial charge is 0.494 e. The van der Waals surface area contributed by atoms with E-state index in [1.807, 2.05) is 24.3 Å². The maximum atomic E-state index is 12.6. The summed E-state index contributed by atoms with van der Waals surface area (Å²) in [6, 6.07) is 17.3. The fraction of sp³-hybridized carbons (Fsp3) is 0.465. The van der Waals surface area contributed by atoms with Gasteiger partial charge in [-0.1, -0.05) is 76.8 Å². The van der Waals surface area contributed by atoms with E-state index in [0.717, 1.165) is 75.0 Å². The predicted molar refractivity (Wildman–Crippen MR) is 207 cm³/mol. The van der Waals surface area contributed by atoms with E-state index < -0.39 is 11.9 Å². The number of esters is 2. The first-order chi connectivity index (χ1) is 25.2. The minimum Gasteiger partial charge on any atom is -0.494 e. The zero-order chi connectivity index (χ0) is 37.1. The van der Waals surface area contributed by atoms with Crippen LogP contribution in [-0.2, 0) is 16.0 Å². The van der Waals surface area contributed by atoms with E-state index in [-0.39, 0.29) is 17.5 Å². The van der Waals surface area contributed by atoms with Crippen LogP contribution in [-0.4, -0.2) is 29.6 Å². The molecule has 280 valence electrons. The van der Waals surface area contributed by atoms with Crippen molar-refractivity contribution in [1.82, 2.24) is 0 Å². The summed E-state index contributed by atoms with van der Waals surface area (Å²) in [5.74, 6) is 0.661. The standard InChI is InChI=1S/C43H56N2O7/c1-2-12-31-14-19-33(20-15-31)43(49)52-37-25-23-36(24-26-37)51-41(46)27-18-32-16-21-35(22-17-32)50-28-11-9-7-5-3-4-6-8-10-13-38-39(42(47)48)29-34(44)30-40(38)45/h16-18,21-27,29-31,33H,2-15,19-20,28,44-45H2,1H3,(H,47,48)/b27-18+. The molecule has 3 aromatic carbocycles. The molecule has 0 amide bonds. The van der Waals surface area contributed by atoms with Gasteiger partial charge in [0.2, 0.25) is 0 Å². The third-order valence-corrected chi connectivity index (χ3v) is 9.81. The van der Waals surface area contributed by atoms with Gasteiger partial charge < -0.3 is 30.8 Å². The van der Waals surface area contributed by atoms with Gasteiger partial charge in [-0.05, 0) is 117 Å². The Kier molecular flexibility index (Phi) is 16.6. The molecule has 52 heavy (non-hydrogen) atoms. The van der Waals surface area contributed by atoms with E-state index >= 15 is 0 Å². The summed E-state index contributed by atoms with van der Waals surface area (Å²) in [5, 5.41) is 9.44. The number of benzene rings is 3. The Morgan fingerprint density at radius 3 is 1.94 bits per heavy atom. The van der Waals surface area contributed by atoms with Crippen molar-refractivity contribution in [2.45, 2.75) is 110 Å². The van der Waals surface area contributed by atoms with E-state index in [1.54, 1.807) is 36.4 Å². The number of ether oxygens (including phenoxy) is 3. The number of hydrogen-bond donors (Lipinski definition) is 3. The predicted octanol–water partition coefficient (Wildman–Crippen LogP) is 9.81. The summed E-state index contributed by atoms with van der Waals surface area (Å²) in [6.45, 7) is 2.86. The summed E-state index contributed by atoms with van der Waals surface area (Å²) < 4.78 is 16.9. The molecule has 1 aliphatic rings. The van der Waals surface area contributed by atoms with Crippen LogP contribution in [0, 0.1) is 11.8 Å². The lowest BCUT2D eigenvalue weighted by molar-refractivity contribution is -0.140. The summed E-state index contributed by atoms with van der Waals surface area (Å²) >= 11 is 0. The van der Waals surface area contributed by atoms with Crippen LogP contribution in [0.15, 0.2) is 66.7 Å². The lowest BCUT2D eigenvalue weighted by Crippen LogP contribution is -2.25. The van der Waals surface area contributed by atoms with Crippen LogP contribution in [0.3, 0.4) is 0 Å². The van der Waals surface area contributed by atoms with Crippen LogP contribution in [0.2, 0.25) is 0 Å². The van der Waals surface area contributed by atoms with Crippen molar-refractivity contribution in [2.24, 2.45) is 11.8 Å². The Morgan fingerprint density at radius 1 is 0.750 bits per heavy atom. The SMILES string of the molecule is CCCC1CCC(C(=O)Oc2ccc(OC(=O)/C=C/c3ccc(OCCCCCCCCCCCc4c(N)cc(N)cc4C(=O)O)cc3)cc2)CC1. The van der Waals surface area contributed by atoms with Crippen molar-refractivity contribution in [1.29, 1.82) is 0 Å². The second-order valence-electron chi connectivity index (χ2n) is 13.9. The number of hydrogen-bond acceptors (Lipinski definition) is 8. The second kappa shape index (κ2) is 21.5. The zero-order valence-electron chi connectivity index (χ0n) is 30.7. The number of unbranched alkanes of at least 4 members (excludes halogenated alkanes) is 8. The van der Waals surface area contributed by atoms with Crippen molar-refractivity contribution in [3.8, 4) is 17.2 Å². The normalized spacial score (nSPS) is 15.7. The van der Waals surface area contributed by atoms with Gasteiger partial charge in [0, 0.05) is 17.5 Å². The Morgan fingerprint density at radius 2 is 1.33 bits per heavy atom. The number of carbonyl (C=O) groups excluding carboxylic acids is 2. The number of nitrogens with two attached hydrogens (primary N) is 2. The minimum absolute atomic E-state index is 0.0412. The first kappa shape index (κ1) is 40.0. The van der Waals surface area contributed by atoms with Crippen molar-refractivity contribution in [3.63, 3.8) is 0 Å². The molecule has 0 aliphatic heterocycles. The van der Waals surface area contributed by atoms with Gasteiger partial charge in [-0.2, -0.15) is 0 Å². The number of carboxylic acid groups (broad SMARTS) is 1. The van der Waals surface area contributed by atoms with Crippen LogP contribution in [0.25, 0.3) is 6.08 Å². The molecule has 0 bridgehead atoms. The molecular formula is C43H56N2O7. The molecule has 0 atom stereocenters. The molecule has 0 saturated heterocycles. The topological polar surface area (TPSA) is 151 Å². The third-order valence-electron chi connectivity index (χ3n) is 9.81. The monoisotopic (exact) mass is 712 g/mol. The summed E-state index contributed by atoms with van der Waals surface area (Å²) in [7, 11) is 0. The highest BCUT2D eigenvalue weighted by Gasteiger charge is 2.27. The third kappa shape index (κ3) is 13.7. The molecule has 1 fully saturated rings. The smallest absolute Gasteiger partial charge is 0.336 e. The number of rotatable bonds is 21. The van der Waals surface area contributed by atoms with Gasteiger partial charge in [0.25, 0.3) is 0 Å². The maximum absolute atomic E-state index is 12.6. The van der Waals surface area contributed by atoms with Gasteiger partial charge in [-0.15, -0.1) is 0 Å². The van der Waals surface area contributed by atoms with Gasteiger partial charge in [-0.25, -0.2) is 9.59 Å². The summed E-state index contributed by atoms with van der Waals surface area (Å²) in [4.78, 5) is 36.5. The van der Waals surface area contributed by atoms with Gasteiger partial charge in [0.1, 0.15) is 17.2 Å². The molecule has 0 radical (unpaired) electrons. The summed E-state index contributed by atoms with van der Waals surface area (Å²) in [5.41, 5.74) is 14.4.